The Morgan fingerprint density at radius 3 is 1.50 bits per heavy atom. The third kappa shape index (κ3) is 21.6. The molecule has 0 aliphatic heterocycles. The molecule has 0 atom stereocenters. The molecule has 4 radical (unpaired) electrons. The second-order valence-electron chi connectivity index (χ2n) is 15.5. The van der Waals surface area contributed by atoms with E-state index in [1.54, 1.807) is 26.0 Å². The SMILES string of the molecule is [CH2-]C(=NC([CH2-])(C)C)Nc1ccc(Br)cc1F.[CH2-]C(=O)NC([CH2-])(C)C.[CH2-]c1nc2ccc(Br)cc2n1C([CH2-])(C)C.[CH2-]c1nc2ccc(C)cc2n1C([CH2-])(C)C.[Y].[Y].[Y].[Y]. The summed E-state index contributed by atoms with van der Waals surface area (Å²) in [6.45, 7) is 48.1. The quantitative estimate of drug-likeness (QED) is 0.104. The van der Waals surface area contributed by atoms with E-state index in [-0.39, 0.29) is 154 Å². The normalized spacial score (nSPS) is 11.3. The van der Waals surface area contributed by atoms with Crippen molar-refractivity contribution in [2.45, 2.75) is 84.5 Å². The topological polar surface area (TPSA) is 89.1 Å². The van der Waals surface area contributed by atoms with Crippen LogP contribution in [0.1, 0.15) is 72.6 Å². The number of rotatable bonds is 5. The number of nitrogens with one attached hydrogen (secondary N) is 2. The zero-order valence-electron chi connectivity index (χ0n) is 35.4. The maximum Gasteiger partial charge on any atom is 0.147 e. The van der Waals surface area contributed by atoms with E-state index in [4.69, 9.17) is 0 Å². The van der Waals surface area contributed by atoms with Gasteiger partial charge in [-0.1, -0.05) is 115 Å². The molecule has 0 saturated heterocycles. The van der Waals surface area contributed by atoms with Crippen LogP contribution in [-0.2, 0) is 147 Å². The number of aryl methyl sites for hydroxylation is 1. The molecular formula is C43H54Br2FN7OY4-8. The van der Waals surface area contributed by atoms with E-state index in [2.05, 4.69) is 150 Å². The Kier molecular flexibility index (Phi) is 28.3. The maximum atomic E-state index is 13.5. The van der Waals surface area contributed by atoms with Gasteiger partial charge in [0.05, 0.1) is 33.7 Å². The van der Waals surface area contributed by atoms with Crippen LogP contribution in [0.3, 0.4) is 0 Å². The zero-order valence-corrected chi connectivity index (χ0v) is 50.0. The second-order valence-corrected chi connectivity index (χ2v) is 17.4. The van der Waals surface area contributed by atoms with Crippen LogP contribution in [0, 0.1) is 68.1 Å². The number of aliphatic imine (C=N–C) groups is 1. The average molecular weight is 1220 g/mol. The van der Waals surface area contributed by atoms with Crippen molar-refractivity contribution in [1.82, 2.24) is 24.4 Å². The first kappa shape index (κ1) is 62.6. The van der Waals surface area contributed by atoms with E-state index in [0.717, 1.165) is 38.2 Å². The van der Waals surface area contributed by atoms with Crippen LogP contribution >= 0.6 is 31.9 Å². The number of hydrogen-bond acceptors (Lipinski definition) is 4. The monoisotopic (exact) mass is 1220 g/mol. The van der Waals surface area contributed by atoms with Crippen LogP contribution < -0.4 is 10.6 Å². The van der Waals surface area contributed by atoms with E-state index in [1.165, 1.54) is 11.6 Å². The second kappa shape index (κ2) is 26.2. The Morgan fingerprint density at radius 2 is 1.12 bits per heavy atom. The van der Waals surface area contributed by atoms with Crippen LogP contribution in [0.5, 0.6) is 0 Å². The van der Waals surface area contributed by atoms with Crippen LogP contribution in [0.2, 0.25) is 0 Å². The molecule has 0 aliphatic rings. The van der Waals surface area contributed by atoms with Crippen LogP contribution in [0.4, 0.5) is 10.1 Å². The van der Waals surface area contributed by atoms with E-state index >= 15 is 0 Å². The zero-order chi connectivity index (χ0) is 41.6. The maximum absolute atomic E-state index is 13.5. The molecule has 308 valence electrons. The summed E-state index contributed by atoms with van der Waals surface area (Å²) in [4.78, 5) is 23.2. The van der Waals surface area contributed by atoms with Crippen molar-refractivity contribution < 1.29 is 140 Å². The van der Waals surface area contributed by atoms with Crippen molar-refractivity contribution in [1.29, 1.82) is 0 Å². The number of benzene rings is 3. The molecule has 0 bridgehead atoms. The van der Waals surface area contributed by atoms with Crippen LogP contribution in [0.25, 0.3) is 22.1 Å². The van der Waals surface area contributed by atoms with Crippen molar-refractivity contribution >= 4 is 71.4 Å². The van der Waals surface area contributed by atoms with Gasteiger partial charge in [0.15, 0.2) is 0 Å². The molecule has 0 fully saturated rings. The third-order valence-electron chi connectivity index (χ3n) is 6.90. The van der Waals surface area contributed by atoms with Gasteiger partial charge >= 0.3 is 0 Å². The fourth-order valence-corrected chi connectivity index (χ4v) is 5.88. The van der Waals surface area contributed by atoms with E-state index in [1.807, 2.05) is 56.5 Å². The molecule has 15 heteroatoms. The minimum Gasteiger partial charge on any atom is -0.406 e. The average Bonchev–Trinajstić information content (AvgIpc) is 3.47. The van der Waals surface area contributed by atoms with E-state index in [9.17, 15) is 9.18 Å². The summed E-state index contributed by atoms with van der Waals surface area (Å²) in [6.07, 6.45) is 0. The molecular weight excluding hydrogens is 1160 g/mol. The van der Waals surface area contributed by atoms with Crippen molar-refractivity contribution in [2.24, 2.45) is 4.99 Å². The molecule has 2 aromatic heterocycles. The number of aromatic nitrogens is 4. The first-order valence-corrected chi connectivity index (χ1v) is 18.6. The Labute approximate surface area is 465 Å². The number of carbonyl (C=O) groups excluding carboxylic acids is 1. The summed E-state index contributed by atoms with van der Waals surface area (Å²) in [5, 5.41) is 5.32. The predicted molar refractivity (Wildman–Crippen MR) is 233 cm³/mol. The standard InChI is InChI=1S/C13H16N2.C12H14BrFN2.C12H13BrN2.C6H11NO.4Y/c1-9-6-7-11-12(8-9)15(10(2)14-11)13(3,4)5;1-8(16-12(2,3)4)15-11-6-5-9(13)7-10(11)14;1-8-14-10-6-5-9(13)7-11(10)15(8)12(2,3)4;1-5(8)7-6(2,3)4;;;;/h6-8H,2-3H2,1,4-5H3;5-7H,1-2H2,3-4H3,(H,15,16);5-7H,1-2H2,3-4H3;1-2H2,3-4H3,(H,7,8);;;;/q4*-2;;;;. The molecule has 8 nitrogen and oxygen atoms in total. The number of carbonyl (C=O) groups is 1. The summed E-state index contributed by atoms with van der Waals surface area (Å²) >= 11 is 6.65. The molecule has 5 aromatic rings. The number of nitrogens with zero attached hydrogens (tertiary/aromatic N) is 5. The largest absolute Gasteiger partial charge is 0.406 e. The third-order valence-corrected chi connectivity index (χ3v) is 7.89. The van der Waals surface area contributed by atoms with Gasteiger partial charge in [-0.05, 0) is 78.5 Å². The van der Waals surface area contributed by atoms with Crippen molar-refractivity contribution in [3.63, 3.8) is 0 Å². The van der Waals surface area contributed by atoms with Crippen molar-refractivity contribution in [2.75, 3.05) is 5.32 Å². The van der Waals surface area contributed by atoms with Gasteiger partial charge in [0.1, 0.15) is 5.82 Å². The van der Waals surface area contributed by atoms with Crippen LogP contribution in [0.15, 0.2) is 68.5 Å². The van der Waals surface area contributed by atoms with Crippen LogP contribution in [-0.4, -0.2) is 41.9 Å². The molecule has 5 rings (SSSR count). The Hall–Kier alpha value is 0.326. The number of amides is 1. The minimum absolute atomic E-state index is 0. The molecule has 58 heavy (non-hydrogen) atoms. The number of fused-ring (bicyclic) bond motifs is 2. The molecule has 0 saturated carbocycles. The van der Waals surface area contributed by atoms with E-state index in [0.29, 0.717) is 16.0 Å². The first-order chi connectivity index (χ1) is 24.5. The van der Waals surface area contributed by atoms with Gasteiger partial charge < -0.3 is 84.9 Å². The van der Waals surface area contributed by atoms with Crippen molar-refractivity contribution in [3.05, 3.63) is 142 Å². The Morgan fingerprint density at radius 1 is 0.707 bits per heavy atom. The molecule has 0 aliphatic carbocycles. The van der Waals surface area contributed by atoms with Gasteiger partial charge in [-0.2, -0.15) is 0 Å². The van der Waals surface area contributed by atoms with E-state index < -0.39 is 11.1 Å². The summed E-state index contributed by atoms with van der Waals surface area (Å²) < 4.78 is 19.3. The summed E-state index contributed by atoms with van der Waals surface area (Å²) in [6, 6.07) is 17.0. The number of imidazole rings is 2. The Bertz CT molecular complexity index is 1990. The van der Waals surface area contributed by atoms with Gasteiger partial charge in [0, 0.05) is 140 Å². The van der Waals surface area contributed by atoms with Gasteiger partial charge in [-0.25, -0.2) is 4.39 Å². The number of halogens is 3. The predicted octanol–water partition coefficient (Wildman–Crippen LogP) is 11.0. The molecule has 0 spiro atoms. The summed E-state index contributed by atoms with van der Waals surface area (Å²) in [5.41, 5.74) is 4.37. The molecule has 1 amide bonds. The summed E-state index contributed by atoms with van der Waals surface area (Å²) in [7, 11) is 0. The smallest absolute Gasteiger partial charge is 0.147 e. The first-order valence-electron chi connectivity index (χ1n) is 17.0. The van der Waals surface area contributed by atoms with Crippen molar-refractivity contribution in [3.8, 4) is 0 Å². The molecule has 2 heterocycles. The van der Waals surface area contributed by atoms with Gasteiger partial charge in [0.2, 0.25) is 0 Å². The fourth-order valence-electron chi connectivity index (χ4n) is 5.20. The summed E-state index contributed by atoms with van der Waals surface area (Å²) in [5.74, 6) is 1.28. The molecule has 2 N–H and O–H groups in total. The number of hydrogen-bond donors (Lipinski definition) is 2. The minimum atomic E-state index is -0.476. The van der Waals surface area contributed by atoms with Gasteiger partial charge in [0.25, 0.3) is 0 Å². The van der Waals surface area contributed by atoms with Gasteiger partial charge in [-0.15, -0.1) is 0 Å². The van der Waals surface area contributed by atoms with Gasteiger partial charge in [-0.3, -0.25) is 9.97 Å². The fraction of sp³-hybridized carbons (Fsp3) is 0.302. The number of anilines is 1. The molecule has 0 unspecified atom stereocenters. The number of amidine groups is 1. The molecule has 3 aromatic carbocycles. The Balaban J connectivity index is -0.000000696.